The van der Waals surface area contributed by atoms with E-state index in [1.807, 2.05) is 0 Å². The van der Waals surface area contributed by atoms with Crippen molar-refractivity contribution in [2.45, 2.75) is 32.7 Å². The van der Waals surface area contributed by atoms with Crippen LogP contribution in [-0.4, -0.2) is 4.57 Å². The predicted octanol–water partition coefficient (Wildman–Crippen LogP) is 3.83. The van der Waals surface area contributed by atoms with E-state index < -0.39 is 0 Å². The Bertz CT molecular complexity index is 446. The second kappa shape index (κ2) is 4.17. The van der Waals surface area contributed by atoms with Crippen LogP contribution in [0.2, 0.25) is 0 Å². The summed E-state index contributed by atoms with van der Waals surface area (Å²) in [5.41, 5.74) is 2.94. The summed E-state index contributed by atoms with van der Waals surface area (Å²) in [6.45, 7) is 7.72. The molecule has 16 heavy (non-hydrogen) atoms. The third kappa shape index (κ3) is 2.35. The summed E-state index contributed by atoms with van der Waals surface area (Å²) in [5, 5.41) is 0. The van der Waals surface area contributed by atoms with Crippen LogP contribution in [0.5, 0.6) is 0 Å². The van der Waals surface area contributed by atoms with Crippen LogP contribution in [0.25, 0.3) is 0 Å². The van der Waals surface area contributed by atoms with Crippen LogP contribution in [0.15, 0.2) is 48.7 Å². The highest BCUT2D eigenvalue weighted by atomic mass is 15.0. The zero-order valence-corrected chi connectivity index (χ0v) is 10.3. The van der Waals surface area contributed by atoms with Gasteiger partial charge in [-0.15, -0.1) is 0 Å². The summed E-state index contributed by atoms with van der Waals surface area (Å²) in [6.07, 6.45) is 2.16. The Morgan fingerprint density at radius 3 is 2.25 bits per heavy atom. The number of aromatic nitrogens is 1. The summed E-state index contributed by atoms with van der Waals surface area (Å²) in [4.78, 5) is 0. The lowest BCUT2D eigenvalue weighted by molar-refractivity contribution is 0.531. The molecule has 84 valence electrons. The Morgan fingerprint density at radius 1 is 0.938 bits per heavy atom. The molecular formula is C15H19N. The molecule has 0 fully saturated rings. The molecule has 2 rings (SSSR count). The molecule has 0 bridgehead atoms. The van der Waals surface area contributed by atoms with Gasteiger partial charge in [-0.05, 0) is 17.7 Å². The van der Waals surface area contributed by atoms with Gasteiger partial charge in [0.05, 0.1) is 0 Å². The maximum absolute atomic E-state index is 2.33. The third-order valence-corrected chi connectivity index (χ3v) is 2.79. The molecule has 0 aliphatic carbocycles. The van der Waals surface area contributed by atoms with Gasteiger partial charge in [-0.25, -0.2) is 0 Å². The number of rotatable bonds is 2. The van der Waals surface area contributed by atoms with E-state index in [1.165, 1.54) is 11.3 Å². The first-order valence-electron chi connectivity index (χ1n) is 5.77. The van der Waals surface area contributed by atoms with Gasteiger partial charge in [0.25, 0.3) is 0 Å². The summed E-state index contributed by atoms with van der Waals surface area (Å²) in [7, 11) is 0. The van der Waals surface area contributed by atoms with Crippen LogP contribution >= 0.6 is 0 Å². The van der Waals surface area contributed by atoms with Crippen molar-refractivity contribution < 1.29 is 0 Å². The molecule has 1 nitrogen and oxygen atoms in total. The highest BCUT2D eigenvalue weighted by molar-refractivity contribution is 5.21. The quantitative estimate of drug-likeness (QED) is 0.714. The van der Waals surface area contributed by atoms with Gasteiger partial charge in [-0.3, -0.25) is 0 Å². The van der Waals surface area contributed by atoms with E-state index in [0.29, 0.717) is 0 Å². The lowest BCUT2D eigenvalue weighted by atomic mass is 9.92. The van der Waals surface area contributed by atoms with Crippen LogP contribution in [0.4, 0.5) is 0 Å². The standard InChI is InChI=1S/C15H19N/c1-15(2,3)14-10-7-11-16(14)12-13-8-5-4-6-9-13/h4-11H,12H2,1-3H3. The van der Waals surface area contributed by atoms with E-state index in [0.717, 1.165) is 6.54 Å². The molecular weight excluding hydrogens is 194 g/mol. The highest BCUT2D eigenvalue weighted by Crippen LogP contribution is 2.23. The summed E-state index contributed by atoms with van der Waals surface area (Å²) in [6, 6.07) is 14.9. The number of nitrogens with zero attached hydrogens (tertiary/aromatic N) is 1. The summed E-state index contributed by atoms with van der Waals surface area (Å²) in [5.74, 6) is 0. The normalized spacial score (nSPS) is 11.7. The Hall–Kier alpha value is -1.50. The molecule has 0 unspecified atom stereocenters. The molecule has 1 aromatic heterocycles. The third-order valence-electron chi connectivity index (χ3n) is 2.79. The van der Waals surface area contributed by atoms with Crippen molar-refractivity contribution >= 4 is 0 Å². The fourth-order valence-corrected chi connectivity index (χ4v) is 2.01. The molecule has 0 atom stereocenters. The molecule has 1 heteroatoms. The first-order valence-corrected chi connectivity index (χ1v) is 5.77. The fraction of sp³-hybridized carbons (Fsp3) is 0.333. The van der Waals surface area contributed by atoms with Gasteiger partial charge in [-0.2, -0.15) is 0 Å². The molecule has 1 heterocycles. The van der Waals surface area contributed by atoms with Gasteiger partial charge < -0.3 is 4.57 Å². The van der Waals surface area contributed by atoms with E-state index in [9.17, 15) is 0 Å². The molecule has 0 aliphatic heterocycles. The van der Waals surface area contributed by atoms with Gasteiger partial charge in [0.2, 0.25) is 0 Å². The average molecular weight is 213 g/mol. The minimum atomic E-state index is 0.207. The van der Waals surface area contributed by atoms with E-state index >= 15 is 0 Å². The average Bonchev–Trinajstić information content (AvgIpc) is 2.67. The van der Waals surface area contributed by atoms with Crippen molar-refractivity contribution in [3.05, 3.63) is 59.9 Å². The smallest absolute Gasteiger partial charge is 0.0473 e. The van der Waals surface area contributed by atoms with Crippen LogP contribution in [0, 0.1) is 0 Å². The lowest BCUT2D eigenvalue weighted by Gasteiger charge is -2.21. The minimum absolute atomic E-state index is 0.207. The monoisotopic (exact) mass is 213 g/mol. The molecule has 0 N–H and O–H groups in total. The van der Waals surface area contributed by atoms with Crippen LogP contribution in [-0.2, 0) is 12.0 Å². The lowest BCUT2D eigenvalue weighted by Crippen LogP contribution is -2.17. The van der Waals surface area contributed by atoms with Crippen molar-refractivity contribution in [3.63, 3.8) is 0 Å². The molecule has 0 amide bonds. The molecule has 2 aromatic rings. The van der Waals surface area contributed by atoms with Gasteiger partial charge in [-0.1, -0.05) is 51.1 Å². The largest absolute Gasteiger partial charge is 0.347 e. The Balaban J connectivity index is 2.26. The molecule has 0 radical (unpaired) electrons. The van der Waals surface area contributed by atoms with E-state index in [4.69, 9.17) is 0 Å². The van der Waals surface area contributed by atoms with E-state index in [1.54, 1.807) is 0 Å². The van der Waals surface area contributed by atoms with Crippen molar-refractivity contribution in [3.8, 4) is 0 Å². The molecule has 1 aromatic carbocycles. The number of benzene rings is 1. The van der Waals surface area contributed by atoms with E-state index in [2.05, 4.69) is 74.0 Å². The van der Waals surface area contributed by atoms with Gasteiger partial charge in [0.15, 0.2) is 0 Å². The first kappa shape index (κ1) is 11.0. The second-order valence-corrected chi connectivity index (χ2v) is 5.26. The molecule has 0 saturated heterocycles. The van der Waals surface area contributed by atoms with E-state index in [-0.39, 0.29) is 5.41 Å². The fourth-order valence-electron chi connectivity index (χ4n) is 2.01. The topological polar surface area (TPSA) is 4.93 Å². The van der Waals surface area contributed by atoms with Crippen molar-refractivity contribution in [1.29, 1.82) is 0 Å². The Morgan fingerprint density at radius 2 is 1.62 bits per heavy atom. The number of hydrogen-bond acceptors (Lipinski definition) is 0. The number of hydrogen-bond donors (Lipinski definition) is 0. The maximum Gasteiger partial charge on any atom is 0.0473 e. The first-order chi connectivity index (χ1) is 7.57. The second-order valence-electron chi connectivity index (χ2n) is 5.26. The zero-order chi connectivity index (χ0) is 11.6. The van der Waals surface area contributed by atoms with Gasteiger partial charge >= 0.3 is 0 Å². The summed E-state index contributed by atoms with van der Waals surface area (Å²) < 4.78 is 2.33. The maximum atomic E-state index is 2.33. The van der Waals surface area contributed by atoms with Crippen molar-refractivity contribution in [1.82, 2.24) is 4.57 Å². The minimum Gasteiger partial charge on any atom is -0.347 e. The summed E-state index contributed by atoms with van der Waals surface area (Å²) >= 11 is 0. The SMILES string of the molecule is CC(C)(C)c1cccn1Cc1ccccc1. The van der Waals surface area contributed by atoms with Gasteiger partial charge in [0, 0.05) is 23.9 Å². The predicted molar refractivity (Wildman–Crippen MR) is 68.7 cm³/mol. The Labute approximate surface area is 97.7 Å². The van der Waals surface area contributed by atoms with Crippen molar-refractivity contribution in [2.75, 3.05) is 0 Å². The van der Waals surface area contributed by atoms with Crippen molar-refractivity contribution in [2.24, 2.45) is 0 Å². The van der Waals surface area contributed by atoms with Crippen LogP contribution in [0.1, 0.15) is 32.0 Å². The Kier molecular flexibility index (Phi) is 2.86. The molecule has 0 spiro atoms. The van der Waals surface area contributed by atoms with Crippen LogP contribution < -0.4 is 0 Å². The van der Waals surface area contributed by atoms with Crippen LogP contribution in [0.3, 0.4) is 0 Å². The molecule has 0 aliphatic rings. The molecule has 0 saturated carbocycles. The highest BCUT2D eigenvalue weighted by Gasteiger charge is 2.17. The zero-order valence-electron chi connectivity index (χ0n) is 10.3. The van der Waals surface area contributed by atoms with Gasteiger partial charge in [0.1, 0.15) is 0 Å².